The third-order valence-corrected chi connectivity index (χ3v) is 2.03. The van der Waals surface area contributed by atoms with Gasteiger partial charge in [-0.2, -0.15) is 0 Å². The highest BCUT2D eigenvalue weighted by Gasteiger charge is 2.11. The molecule has 0 bridgehead atoms. The van der Waals surface area contributed by atoms with Crippen LogP contribution in [0.4, 0.5) is 11.4 Å². The Labute approximate surface area is 92.1 Å². The molecule has 0 atom stereocenters. The predicted molar refractivity (Wildman–Crippen MR) is 62.3 cm³/mol. The van der Waals surface area contributed by atoms with Crippen molar-refractivity contribution < 1.29 is 4.92 Å². The first kappa shape index (κ1) is 11.8. The number of hydrogen-bond donors (Lipinski definition) is 0. The van der Waals surface area contributed by atoms with Gasteiger partial charge in [0, 0.05) is 11.8 Å². The summed E-state index contributed by atoms with van der Waals surface area (Å²) in [5.74, 6) is 0. The molecule has 0 unspecified atom stereocenters. The van der Waals surface area contributed by atoms with E-state index in [4.69, 9.17) is 0 Å². The van der Waals surface area contributed by atoms with E-state index in [0.29, 0.717) is 5.71 Å². The van der Waals surface area contributed by atoms with Gasteiger partial charge in [0.1, 0.15) is 5.69 Å². The molecule has 0 amide bonds. The topological polar surface area (TPSA) is 90.9 Å². The lowest BCUT2D eigenvalue weighted by Gasteiger charge is -2.02. The Hall–Kier alpha value is -2.24. The standard InChI is InChI=1S/C10H11N3O3/c1-7(8(2)12-14)11-9-5-3-4-6-10(9)13(15)16/h3-6,14H,1-2H3/p-1/b11-7?,12-8-. The largest absolute Gasteiger partial charge is 0.792 e. The van der Waals surface area contributed by atoms with Gasteiger partial charge in [-0.15, -0.1) is 0 Å². The van der Waals surface area contributed by atoms with Crippen LogP contribution in [0.25, 0.3) is 0 Å². The molecule has 6 nitrogen and oxygen atoms in total. The fourth-order valence-corrected chi connectivity index (χ4v) is 1.04. The monoisotopic (exact) mass is 220 g/mol. The highest BCUT2D eigenvalue weighted by Crippen LogP contribution is 2.26. The lowest BCUT2D eigenvalue weighted by Crippen LogP contribution is -2.04. The molecule has 0 fully saturated rings. The number of aliphatic imine (C=N–C) groups is 1. The molecule has 0 aliphatic carbocycles. The van der Waals surface area contributed by atoms with Crippen LogP contribution in [0.1, 0.15) is 13.8 Å². The van der Waals surface area contributed by atoms with Gasteiger partial charge in [-0.3, -0.25) is 10.1 Å². The Balaban J connectivity index is 3.20. The number of para-hydroxylation sites is 2. The van der Waals surface area contributed by atoms with Crippen molar-refractivity contribution in [3.05, 3.63) is 39.6 Å². The molecule has 0 heterocycles. The normalized spacial score (nSPS) is 12.6. The highest BCUT2D eigenvalue weighted by molar-refractivity contribution is 6.41. The summed E-state index contributed by atoms with van der Waals surface area (Å²) in [6.45, 7) is 3.08. The molecular formula is C10H10N3O3-. The number of nitro groups is 1. The lowest BCUT2D eigenvalue weighted by molar-refractivity contribution is -0.384. The van der Waals surface area contributed by atoms with Crippen LogP contribution in [0.2, 0.25) is 0 Å². The lowest BCUT2D eigenvalue weighted by atomic mass is 10.2. The average Bonchev–Trinajstić information content (AvgIpc) is 2.28. The molecule has 1 aromatic rings. The van der Waals surface area contributed by atoms with Crippen molar-refractivity contribution in [1.82, 2.24) is 0 Å². The van der Waals surface area contributed by atoms with Crippen LogP contribution in [0.3, 0.4) is 0 Å². The zero-order valence-electron chi connectivity index (χ0n) is 8.88. The fraction of sp³-hybridized carbons (Fsp3) is 0.200. The number of nitrogens with zero attached hydrogens (tertiary/aromatic N) is 3. The molecule has 0 saturated heterocycles. The summed E-state index contributed by atoms with van der Waals surface area (Å²) in [5.41, 5.74) is 0.691. The molecule has 84 valence electrons. The van der Waals surface area contributed by atoms with E-state index >= 15 is 0 Å². The van der Waals surface area contributed by atoms with E-state index in [-0.39, 0.29) is 17.1 Å². The summed E-state index contributed by atoms with van der Waals surface area (Å²) in [4.78, 5) is 14.2. The minimum absolute atomic E-state index is 0.0967. The summed E-state index contributed by atoms with van der Waals surface area (Å²) in [5, 5.41) is 23.7. The van der Waals surface area contributed by atoms with Gasteiger partial charge >= 0.3 is 0 Å². The summed E-state index contributed by atoms with van der Waals surface area (Å²) >= 11 is 0. The first-order valence-electron chi connectivity index (χ1n) is 4.52. The maximum Gasteiger partial charge on any atom is 0.294 e. The first-order valence-corrected chi connectivity index (χ1v) is 4.52. The van der Waals surface area contributed by atoms with Gasteiger partial charge in [0.2, 0.25) is 0 Å². The second-order valence-corrected chi connectivity index (χ2v) is 3.12. The van der Waals surface area contributed by atoms with Crippen LogP contribution in [-0.2, 0) is 0 Å². The smallest absolute Gasteiger partial charge is 0.294 e. The van der Waals surface area contributed by atoms with Gasteiger partial charge in [-0.05, 0) is 19.9 Å². The van der Waals surface area contributed by atoms with Gasteiger partial charge in [-0.25, -0.2) is 4.99 Å². The van der Waals surface area contributed by atoms with Gasteiger partial charge in [-0.1, -0.05) is 12.1 Å². The second kappa shape index (κ2) is 5.01. The SMILES string of the molecule is CC(=Nc1ccccc1[N+](=O)[O-])/C(C)=N\[O-]. The number of benzene rings is 1. The van der Waals surface area contributed by atoms with E-state index < -0.39 is 4.92 Å². The third kappa shape index (κ3) is 2.63. The van der Waals surface area contributed by atoms with Gasteiger partial charge in [0.15, 0.2) is 0 Å². The minimum Gasteiger partial charge on any atom is -0.792 e. The Kier molecular flexibility index (Phi) is 3.71. The van der Waals surface area contributed by atoms with Crippen molar-refractivity contribution in [2.24, 2.45) is 10.1 Å². The van der Waals surface area contributed by atoms with Crippen molar-refractivity contribution in [2.75, 3.05) is 0 Å². The fourth-order valence-electron chi connectivity index (χ4n) is 1.04. The van der Waals surface area contributed by atoms with Crippen molar-refractivity contribution in [2.45, 2.75) is 13.8 Å². The van der Waals surface area contributed by atoms with Crippen LogP contribution < -0.4 is 0 Å². The minimum atomic E-state index is -0.518. The van der Waals surface area contributed by atoms with Crippen molar-refractivity contribution in [3.63, 3.8) is 0 Å². The van der Waals surface area contributed by atoms with E-state index in [1.54, 1.807) is 19.1 Å². The summed E-state index contributed by atoms with van der Waals surface area (Å²) < 4.78 is 0. The number of rotatable bonds is 3. The van der Waals surface area contributed by atoms with E-state index in [1.807, 2.05) is 0 Å². The Morgan fingerprint density at radius 1 is 1.25 bits per heavy atom. The third-order valence-electron chi connectivity index (χ3n) is 2.03. The van der Waals surface area contributed by atoms with Crippen LogP contribution in [0, 0.1) is 15.3 Å². The molecule has 1 aromatic carbocycles. The average molecular weight is 220 g/mol. The van der Waals surface area contributed by atoms with Gasteiger partial charge < -0.3 is 10.4 Å². The molecule has 0 saturated carbocycles. The van der Waals surface area contributed by atoms with Crippen LogP contribution in [0.5, 0.6) is 0 Å². The van der Waals surface area contributed by atoms with E-state index in [0.717, 1.165) is 0 Å². The molecular weight excluding hydrogens is 210 g/mol. The summed E-state index contributed by atoms with van der Waals surface area (Å²) in [6, 6.07) is 6.07. The highest BCUT2D eigenvalue weighted by atomic mass is 16.6. The predicted octanol–water partition coefficient (Wildman–Crippen LogP) is 2.65. The maximum atomic E-state index is 10.7. The number of hydrogen-bond acceptors (Lipinski definition) is 5. The van der Waals surface area contributed by atoms with Crippen molar-refractivity contribution in [3.8, 4) is 0 Å². The molecule has 0 N–H and O–H groups in total. The second-order valence-electron chi connectivity index (χ2n) is 3.12. The van der Waals surface area contributed by atoms with E-state index in [2.05, 4.69) is 10.1 Å². The molecule has 1 rings (SSSR count). The Morgan fingerprint density at radius 3 is 2.44 bits per heavy atom. The molecule has 0 aromatic heterocycles. The summed E-state index contributed by atoms with van der Waals surface area (Å²) in [7, 11) is 0. The van der Waals surface area contributed by atoms with Crippen LogP contribution >= 0.6 is 0 Å². The molecule has 0 radical (unpaired) electrons. The van der Waals surface area contributed by atoms with Crippen LogP contribution in [-0.4, -0.2) is 16.3 Å². The Bertz CT molecular complexity index is 466. The Morgan fingerprint density at radius 2 is 1.88 bits per heavy atom. The zero-order valence-corrected chi connectivity index (χ0v) is 8.88. The van der Waals surface area contributed by atoms with Crippen molar-refractivity contribution in [1.29, 1.82) is 0 Å². The molecule has 6 heteroatoms. The van der Waals surface area contributed by atoms with Gasteiger partial charge in [0.05, 0.1) is 10.6 Å². The van der Waals surface area contributed by atoms with Crippen molar-refractivity contribution >= 4 is 22.8 Å². The quantitative estimate of drug-likeness (QED) is 0.445. The maximum absolute atomic E-state index is 10.7. The van der Waals surface area contributed by atoms with E-state index in [1.165, 1.54) is 19.1 Å². The van der Waals surface area contributed by atoms with Gasteiger partial charge in [0.25, 0.3) is 5.69 Å². The molecule has 0 aliphatic heterocycles. The first-order chi connectivity index (χ1) is 7.56. The molecule has 0 aliphatic rings. The molecule has 0 spiro atoms. The number of nitro benzene ring substituents is 1. The van der Waals surface area contributed by atoms with Crippen LogP contribution in [0.15, 0.2) is 34.4 Å². The van der Waals surface area contributed by atoms with E-state index in [9.17, 15) is 15.3 Å². The zero-order chi connectivity index (χ0) is 12.1. The summed E-state index contributed by atoms with van der Waals surface area (Å²) in [6.07, 6.45) is 0. The molecule has 16 heavy (non-hydrogen) atoms.